The van der Waals surface area contributed by atoms with Crippen LogP contribution in [0, 0.1) is 23.7 Å². The Kier molecular flexibility index (Phi) is 14.9. The molecule has 42 heavy (non-hydrogen) atoms. The minimum atomic E-state index is -3.46. The van der Waals surface area contributed by atoms with Gasteiger partial charge in [-0.05, 0) is 23.7 Å². The van der Waals surface area contributed by atoms with Crippen molar-refractivity contribution < 1.29 is 29.8 Å². The van der Waals surface area contributed by atoms with Crippen molar-refractivity contribution in [3.05, 3.63) is 121 Å². The molecule has 8 heteroatoms. The second-order valence-corrected chi connectivity index (χ2v) is 16.0. The summed E-state index contributed by atoms with van der Waals surface area (Å²) in [5, 5.41) is 20.7. The van der Waals surface area contributed by atoms with Crippen LogP contribution in [0.5, 0.6) is 0 Å². The first-order valence-corrected chi connectivity index (χ1v) is 18.1. The summed E-state index contributed by atoms with van der Waals surface area (Å²) in [6.45, 7) is 8.72. The number of hydrogen-bond acceptors (Lipinski definition) is 6. The molecule has 0 aliphatic rings. The molecule has 6 nitrogen and oxygen atoms in total. The normalized spacial score (nSPS) is 13.7. The predicted molar refractivity (Wildman–Crippen MR) is 181 cm³/mol. The summed E-state index contributed by atoms with van der Waals surface area (Å²) in [6.07, 6.45) is 0. The van der Waals surface area contributed by atoms with Crippen molar-refractivity contribution in [3.8, 4) is 0 Å². The first kappa shape index (κ1) is 35.7. The van der Waals surface area contributed by atoms with Gasteiger partial charge in [-0.25, -0.2) is 0 Å². The van der Waals surface area contributed by atoms with E-state index in [0.717, 1.165) is 0 Å². The summed E-state index contributed by atoms with van der Waals surface area (Å²) >= 11 is 0. The van der Waals surface area contributed by atoms with Crippen LogP contribution in [0.2, 0.25) is 0 Å². The molecule has 0 heterocycles. The molecule has 0 bridgehead atoms. The van der Waals surface area contributed by atoms with E-state index < -0.39 is 15.4 Å². The van der Waals surface area contributed by atoms with E-state index in [2.05, 4.69) is 27.7 Å². The van der Waals surface area contributed by atoms with Crippen LogP contribution in [0.25, 0.3) is 0 Å². The molecule has 0 saturated heterocycles. The molecule has 2 unspecified atom stereocenters. The molecule has 2 atom stereocenters. The Bertz CT molecular complexity index is 1070. The van der Waals surface area contributed by atoms with Crippen LogP contribution in [0.3, 0.4) is 0 Å². The van der Waals surface area contributed by atoms with Crippen LogP contribution in [0.4, 0.5) is 0 Å². The number of aliphatic hydroxyl groups is 2. The van der Waals surface area contributed by atoms with Gasteiger partial charge in [0.15, 0.2) is 0 Å². The Morgan fingerprint density at radius 2 is 0.595 bits per heavy atom. The Labute approximate surface area is 252 Å². The van der Waals surface area contributed by atoms with Gasteiger partial charge in [-0.15, -0.1) is 0 Å². The maximum absolute atomic E-state index is 10.2. The molecular weight excluding hydrogens is 566 g/mol. The van der Waals surface area contributed by atoms with E-state index in [9.17, 15) is 19.6 Å². The van der Waals surface area contributed by atoms with Crippen molar-refractivity contribution in [2.45, 2.75) is 27.7 Å². The average molecular weight is 615 g/mol. The van der Waals surface area contributed by atoms with Gasteiger partial charge in [-0.3, -0.25) is 0 Å². The summed E-state index contributed by atoms with van der Waals surface area (Å²) in [7, 11) is -6.91. The molecule has 0 radical (unpaired) electrons. The van der Waals surface area contributed by atoms with Gasteiger partial charge in [0, 0.05) is 13.2 Å². The van der Waals surface area contributed by atoms with Gasteiger partial charge in [-0.2, -0.15) is 0 Å². The minimum absolute atomic E-state index is 0.182. The molecule has 4 aromatic rings. The summed E-state index contributed by atoms with van der Waals surface area (Å²) in [6, 6.07) is 35.9. The summed E-state index contributed by atoms with van der Waals surface area (Å²) in [4.78, 5) is 40.6. The molecule has 0 aliphatic carbocycles. The van der Waals surface area contributed by atoms with Gasteiger partial charge < -0.3 is 10.2 Å². The van der Waals surface area contributed by atoms with E-state index >= 15 is 0 Å². The monoisotopic (exact) mass is 614 g/mol. The molecule has 0 amide bonds. The number of benzene rings is 4. The second kappa shape index (κ2) is 17.6. The van der Waals surface area contributed by atoms with Crippen LogP contribution < -0.4 is 21.2 Å². The van der Waals surface area contributed by atoms with Crippen molar-refractivity contribution in [2.24, 2.45) is 23.7 Å². The van der Waals surface area contributed by atoms with Crippen LogP contribution in [0.15, 0.2) is 121 Å². The van der Waals surface area contributed by atoms with E-state index in [1.807, 2.05) is 72.8 Å². The third-order valence-corrected chi connectivity index (χ3v) is 11.9. The van der Waals surface area contributed by atoms with Crippen molar-refractivity contribution >= 4 is 36.7 Å². The van der Waals surface area contributed by atoms with E-state index in [-0.39, 0.29) is 25.0 Å². The van der Waals surface area contributed by atoms with Crippen molar-refractivity contribution in [3.63, 3.8) is 0 Å². The zero-order valence-electron chi connectivity index (χ0n) is 25.0. The molecule has 0 saturated carbocycles. The second-order valence-electron chi connectivity index (χ2n) is 11.0. The fourth-order valence-electron chi connectivity index (χ4n) is 4.70. The van der Waals surface area contributed by atoms with Crippen LogP contribution in [-0.4, -0.2) is 43.0 Å². The van der Waals surface area contributed by atoms with Gasteiger partial charge in [0.25, 0.3) is 0 Å². The predicted octanol–water partition coefficient (Wildman–Crippen LogP) is 3.92. The Hall–Kier alpha value is -2.50. The summed E-state index contributed by atoms with van der Waals surface area (Å²) in [5.74, 6) is 1.34. The zero-order valence-corrected chi connectivity index (χ0v) is 27.0. The molecular formula is C34H48O6P2. The average Bonchev–Trinajstić information content (AvgIpc) is 3.01. The molecule has 0 aliphatic heterocycles. The van der Waals surface area contributed by atoms with Crippen molar-refractivity contribution in [2.75, 3.05) is 13.2 Å². The van der Waals surface area contributed by atoms with E-state index in [4.69, 9.17) is 10.2 Å². The third kappa shape index (κ3) is 10.3. The van der Waals surface area contributed by atoms with E-state index in [0.29, 0.717) is 33.1 Å². The molecule has 4 aromatic carbocycles. The molecule has 0 aromatic heterocycles. The number of rotatable bonds is 9. The van der Waals surface area contributed by atoms with E-state index in [1.54, 1.807) is 48.5 Å². The van der Waals surface area contributed by atoms with Gasteiger partial charge in [0.1, 0.15) is 0 Å². The van der Waals surface area contributed by atoms with Crippen molar-refractivity contribution in [1.29, 1.82) is 0 Å². The van der Waals surface area contributed by atoms with Crippen LogP contribution >= 0.6 is 15.4 Å². The van der Waals surface area contributed by atoms with Crippen LogP contribution in [-0.2, 0) is 0 Å². The quantitative estimate of drug-likeness (QED) is 0.159. The third-order valence-electron chi connectivity index (χ3n) is 7.39. The summed E-state index contributed by atoms with van der Waals surface area (Å²) in [5.41, 5.74) is 0. The van der Waals surface area contributed by atoms with E-state index in [1.165, 1.54) is 0 Å². The first-order chi connectivity index (χ1) is 20.0. The first-order valence-electron chi connectivity index (χ1n) is 14.3. The fraction of sp³-hybridized carbons (Fsp3) is 0.294. The van der Waals surface area contributed by atoms with Gasteiger partial charge in [0.2, 0.25) is 0 Å². The Balaban J connectivity index is 0.000000222. The van der Waals surface area contributed by atoms with Crippen LogP contribution in [0.1, 0.15) is 27.7 Å². The van der Waals surface area contributed by atoms with Gasteiger partial charge >= 0.3 is 178 Å². The molecule has 4 rings (SSSR count). The Morgan fingerprint density at radius 1 is 0.405 bits per heavy atom. The maximum atomic E-state index is 10.2. The van der Waals surface area contributed by atoms with Gasteiger partial charge in [0.05, 0.1) is 0 Å². The van der Waals surface area contributed by atoms with Gasteiger partial charge in [-0.1, -0.05) is 27.7 Å². The molecule has 6 N–H and O–H groups in total. The zero-order chi connectivity index (χ0) is 31.2. The van der Waals surface area contributed by atoms with Crippen molar-refractivity contribution in [1.82, 2.24) is 0 Å². The molecule has 0 spiro atoms. The molecule has 0 fully saturated rings. The number of hydrogen-bond donors (Lipinski definition) is 6. The SMILES string of the molecule is CC(C)C(CO)C(CO)C(C)C.O[PH](O)(c1ccccc1)c1ccccc1.O[PH](O)(c1ccccc1)c1ccccc1. The standard InChI is InChI=1S/2C12H13O2P.C10H22O2/c2*13-15(14,11-7-3-1-4-8-11)12-9-5-2-6-10-12;1-7(2)9(5-11)10(6-12)8(3)4/h2*1-10,13-15H;7-12H,5-6H2,1-4H3. The molecule has 230 valence electrons. The summed E-state index contributed by atoms with van der Waals surface area (Å²) < 4.78 is 0. The number of aliphatic hydroxyl groups excluding tert-OH is 2. The Morgan fingerprint density at radius 3 is 0.738 bits per heavy atom. The fourth-order valence-corrected chi connectivity index (χ4v) is 7.99. The topological polar surface area (TPSA) is 121 Å².